The zero-order valence-electron chi connectivity index (χ0n) is 14.2. The zero-order chi connectivity index (χ0) is 17.3. The van der Waals surface area contributed by atoms with Crippen LogP contribution in [0.25, 0.3) is 0 Å². The van der Waals surface area contributed by atoms with Crippen LogP contribution in [0.5, 0.6) is 0 Å². The number of esters is 1. The number of carbonyl (C=O) groups is 1. The highest BCUT2D eigenvalue weighted by atomic mass is 16.5. The van der Waals surface area contributed by atoms with Gasteiger partial charge in [-0.3, -0.25) is 0 Å². The minimum absolute atomic E-state index is 0.0000113. The maximum Gasteiger partial charge on any atom is 0.334 e. The van der Waals surface area contributed by atoms with Gasteiger partial charge < -0.3 is 9.47 Å². The number of fused-ring (bicyclic) bond motifs is 2. The Bertz CT molecular complexity index is 787. The van der Waals surface area contributed by atoms with Crippen molar-refractivity contribution >= 4 is 11.9 Å². The molecule has 0 radical (unpaired) electrons. The topological polar surface area (TPSA) is 47.9 Å². The lowest BCUT2D eigenvalue weighted by Crippen LogP contribution is -2.53. The largest absolute Gasteiger partial charge is 0.474 e. The van der Waals surface area contributed by atoms with Crippen molar-refractivity contribution in [2.75, 3.05) is 7.11 Å². The molecule has 0 saturated heterocycles. The predicted octanol–water partition coefficient (Wildman–Crippen LogP) is 3.71. The van der Waals surface area contributed by atoms with E-state index in [1.54, 1.807) is 0 Å². The van der Waals surface area contributed by atoms with Gasteiger partial charge in [0, 0.05) is 17.9 Å². The van der Waals surface area contributed by atoms with E-state index in [-0.39, 0.29) is 18.0 Å². The highest BCUT2D eigenvalue weighted by Crippen LogP contribution is 2.47. The van der Waals surface area contributed by atoms with Crippen LogP contribution >= 0.6 is 0 Å². The van der Waals surface area contributed by atoms with Gasteiger partial charge in [0.05, 0.1) is 7.11 Å². The van der Waals surface area contributed by atoms with E-state index in [1.165, 1.54) is 7.11 Å². The minimum Gasteiger partial charge on any atom is -0.474 e. The van der Waals surface area contributed by atoms with Crippen LogP contribution in [-0.2, 0) is 14.3 Å². The maximum atomic E-state index is 12.9. The van der Waals surface area contributed by atoms with E-state index in [1.807, 2.05) is 48.5 Å². The average Bonchev–Trinajstić information content (AvgIpc) is 2.68. The standard InChI is InChI=1S/C21H21NO3/c1-24-20(23)21-14-17(12-13-18(21)15-8-4-2-5-9-15)25-19(22-21)16-10-6-3-7-11-16/h2-11,17-18H,12-14H2,1H3/t17-,18-,21-/m1/s1. The maximum absolute atomic E-state index is 12.9. The first-order valence-electron chi connectivity index (χ1n) is 8.68. The Hall–Kier alpha value is -2.62. The lowest BCUT2D eigenvalue weighted by Gasteiger charge is -2.45. The van der Waals surface area contributed by atoms with Crippen molar-refractivity contribution in [1.29, 1.82) is 0 Å². The Labute approximate surface area is 147 Å². The highest BCUT2D eigenvalue weighted by Gasteiger charge is 2.54. The predicted molar refractivity (Wildman–Crippen MR) is 95.6 cm³/mol. The molecule has 4 heteroatoms. The summed E-state index contributed by atoms with van der Waals surface area (Å²) in [6, 6.07) is 19.9. The summed E-state index contributed by atoms with van der Waals surface area (Å²) in [4.78, 5) is 17.7. The number of aliphatic imine (C=N–C) groups is 1. The molecule has 1 saturated carbocycles. The molecule has 4 rings (SSSR count). The molecule has 0 aromatic heterocycles. The summed E-state index contributed by atoms with van der Waals surface area (Å²) in [5.74, 6) is 0.269. The van der Waals surface area contributed by atoms with Crippen LogP contribution in [0.1, 0.15) is 36.3 Å². The molecule has 1 fully saturated rings. The number of rotatable bonds is 3. The van der Waals surface area contributed by atoms with E-state index in [4.69, 9.17) is 14.5 Å². The molecule has 2 aliphatic rings. The van der Waals surface area contributed by atoms with Crippen molar-refractivity contribution in [3.05, 3.63) is 71.8 Å². The molecular formula is C21H21NO3. The number of hydrogen-bond donors (Lipinski definition) is 0. The van der Waals surface area contributed by atoms with Crippen LogP contribution in [0.15, 0.2) is 65.7 Å². The number of benzene rings is 2. The van der Waals surface area contributed by atoms with Gasteiger partial charge in [-0.2, -0.15) is 0 Å². The van der Waals surface area contributed by atoms with Gasteiger partial charge in [-0.1, -0.05) is 48.5 Å². The Morgan fingerprint density at radius 2 is 1.76 bits per heavy atom. The molecule has 4 nitrogen and oxygen atoms in total. The fourth-order valence-corrected chi connectivity index (χ4v) is 4.06. The van der Waals surface area contributed by atoms with Crippen LogP contribution in [0.2, 0.25) is 0 Å². The fraction of sp³-hybridized carbons (Fsp3) is 0.333. The molecule has 3 atom stereocenters. The Morgan fingerprint density at radius 3 is 2.44 bits per heavy atom. The average molecular weight is 335 g/mol. The fourth-order valence-electron chi connectivity index (χ4n) is 4.06. The second-order valence-corrected chi connectivity index (χ2v) is 6.68. The molecule has 0 N–H and O–H groups in total. The molecule has 0 spiro atoms. The summed E-state index contributed by atoms with van der Waals surface area (Å²) < 4.78 is 11.3. The normalized spacial score (nSPS) is 27.8. The van der Waals surface area contributed by atoms with E-state index >= 15 is 0 Å². The molecule has 25 heavy (non-hydrogen) atoms. The second-order valence-electron chi connectivity index (χ2n) is 6.68. The quantitative estimate of drug-likeness (QED) is 0.803. The Morgan fingerprint density at radius 1 is 1.08 bits per heavy atom. The van der Waals surface area contributed by atoms with Gasteiger partial charge in [-0.05, 0) is 30.5 Å². The molecule has 1 aliphatic carbocycles. The highest BCUT2D eigenvalue weighted by molar-refractivity contribution is 5.98. The van der Waals surface area contributed by atoms with Crippen molar-refractivity contribution in [3.63, 3.8) is 0 Å². The molecule has 2 aromatic rings. The van der Waals surface area contributed by atoms with Gasteiger partial charge in [0.1, 0.15) is 6.10 Å². The lowest BCUT2D eigenvalue weighted by atomic mass is 9.68. The Balaban J connectivity index is 1.84. The Kier molecular flexibility index (Phi) is 4.04. The minimum atomic E-state index is -0.914. The van der Waals surface area contributed by atoms with E-state index in [2.05, 4.69) is 12.1 Å². The molecule has 2 bridgehead atoms. The van der Waals surface area contributed by atoms with Gasteiger partial charge in [0.2, 0.25) is 5.90 Å². The van der Waals surface area contributed by atoms with Gasteiger partial charge in [0.25, 0.3) is 0 Å². The van der Waals surface area contributed by atoms with E-state index in [0.29, 0.717) is 12.3 Å². The molecule has 1 aliphatic heterocycles. The number of ether oxygens (including phenoxy) is 2. The first-order valence-corrected chi connectivity index (χ1v) is 8.68. The van der Waals surface area contributed by atoms with Gasteiger partial charge in [0.15, 0.2) is 5.54 Å². The number of nitrogens with zero attached hydrogens (tertiary/aromatic N) is 1. The third-order valence-electron chi connectivity index (χ3n) is 5.23. The van der Waals surface area contributed by atoms with Crippen molar-refractivity contribution in [3.8, 4) is 0 Å². The smallest absolute Gasteiger partial charge is 0.334 e. The van der Waals surface area contributed by atoms with Crippen molar-refractivity contribution in [2.45, 2.75) is 36.8 Å². The molecule has 128 valence electrons. The SMILES string of the molecule is COC(=O)[C@@]12C[C@@H](CC[C@@H]1c1ccccc1)OC(c1ccccc1)=N2. The van der Waals surface area contributed by atoms with Crippen LogP contribution in [0, 0.1) is 0 Å². The van der Waals surface area contributed by atoms with Crippen LogP contribution in [0.3, 0.4) is 0 Å². The van der Waals surface area contributed by atoms with Gasteiger partial charge in [-0.25, -0.2) is 9.79 Å². The van der Waals surface area contributed by atoms with Crippen molar-refractivity contribution in [1.82, 2.24) is 0 Å². The molecule has 0 amide bonds. The number of hydrogen-bond acceptors (Lipinski definition) is 4. The second kappa shape index (κ2) is 6.36. The van der Waals surface area contributed by atoms with Crippen LogP contribution < -0.4 is 0 Å². The van der Waals surface area contributed by atoms with E-state index in [0.717, 1.165) is 24.0 Å². The van der Waals surface area contributed by atoms with Crippen LogP contribution in [0.4, 0.5) is 0 Å². The lowest BCUT2D eigenvalue weighted by molar-refractivity contribution is -0.151. The summed E-state index contributed by atoms with van der Waals surface area (Å²) in [6.45, 7) is 0. The third kappa shape index (κ3) is 2.72. The third-order valence-corrected chi connectivity index (χ3v) is 5.23. The zero-order valence-corrected chi connectivity index (χ0v) is 14.2. The summed E-state index contributed by atoms with van der Waals surface area (Å²) in [7, 11) is 1.44. The monoisotopic (exact) mass is 335 g/mol. The van der Waals surface area contributed by atoms with Crippen molar-refractivity contribution < 1.29 is 14.3 Å². The van der Waals surface area contributed by atoms with Crippen LogP contribution in [-0.4, -0.2) is 30.6 Å². The van der Waals surface area contributed by atoms with Gasteiger partial charge >= 0.3 is 5.97 Å². The van der Waals surface area contributed by atoms with Gasteiger partial charge in [-0.15, -0.1) is 0 Å². The van der Waals surface area contributed by atoms with E-state index in [9.17, 15) is 4.79 Å². The molecule has 1 heterocycles. The summed E-state index contributed by atoms with van der Waals surface area (Å²) in [6.07, 6.45) is 2.32. The summed E-state index contributed by atoms with van der Waals surface area (Å²) >= 11 is 0. The first kappa shape index (κ1) is 15.9. The summed E-state index contributed by atoms with van der Waals surface area (Å²) in [5.41, 5.74) is 1.11. The van der Waals surface area contributed by atoms with E-state index < -0.39 is 5.54 Å². The molecule has 0 unspecified atom stereocenters. The molecule has 2 aromatic carbocycles. The number of carbonyl (C=O) groups excluding carboxylic acids is 1. The first-order chi connectivity index (χ1) is 12.2. The number of methoxy groups -OCH3 is 1. The summed E-state index contributed by atoms with van der Waals surface area (Å²) in [5, 5.41) is 0. The van der Waals surface area contributed by atoms with Crippen molar-refractivity contribution in [2.24, 2.45) is 4.99 Å². The molecular weight excluding hydrogens is 314 g/mol.